The van der Waals surface area contributed by atoms with E-state index in [1.807, 2.05) is 0 Å². The molecule has 1 aliphatic heterocycles. The first-order chi connectivity index (χ1) is 11.9. The molecule has 5 rings (SSSR count). The van der Waals surface area contributed by atoms with Crippen molar-refractivity contribution in [1.82, 2.24) is 10.2 Å². The van der Waals surface area contributed by atoms with Crippen LogP contribution in [0.3, 0.4) is 0 Å². The Morgan fingerprint density at radius 2 is 2.24 bits per heavy atom. The number of carbonyl (C=O) groups is 1. The van der Waals surface area contributed by atoms with Crippen molar-refractivity contribution in [1.29, 1.82) is 0 Å². The van der Waals surface area contributed by atoms with E-state index in [-0.39, 0.29) is 17.6 Å². The van der Waals surface area contributed by atoms with Crippen LogP contribution in [0, 0.1) is 17.3 Å². The van der Waals surface area contributed by atoms with Crippen LogP contribution in [0.25, 0.3) is 0 Å². The summed E-state index contributed by atoms with van der Waals surface area (Å²) in [7, 11) is 0. The molecule has 1 N–H and O–H groups in total. The summed E-state index contributed by atoms with van der Waals surface area (Å²) in [6.07, 6.45) is 9.71. The van der Waals surface area contributed by atoms with Crippen LogP contribution in [0.4, 0.5) is 0 Å². The monoisotopic (exact) mass is 346 g/mol. The molecule has 0 aromatic heterocycles. The molecule has 0 aromatic carbocycles. The third-order valence-corrected chi connectivity index (χ3v) is 7.63. The van der Waals surface area contributed by atoms with Crippen LogP contribution in [0.1, 0.15) is 59.3 Å². The van der Waals surface area contributed by atoms with Gasteiger partial charge < -0.3 is 10.1 Å². The zero-order valence-corrected chi connectivity index (χ0v) is 16.1. The highest BCUT2D eigenvalue weighted by molar-refractivity contribution is 5.73. The fraction of sp³-hybridized carbons (Fsp3) is 0.857. The zero-order chi connectivity index (χ0) is 17.7. The van der Waals surface area contributed by atoms with E-state index >= 15 is 0 Å². The molecule has 1 heterocycles. The Hall–Kier alpha value is -0.870. The second-order valence-corrected chi connectivity index (χ2v) is 9.44. The van der Waals surface area contributed by atoms with Crippen molar-refractivity contribution in [3.8, 4) is 0 Å². The maximum Gasteiger partial charge on any atom is 0.217 e. The highest BCUT2D eigenvalue weighted by Crippen LogP contribution is 2.59. The minimum Gasteiger partial charge on any atom is -0.370 e. The summed E-state index contributed by atoms with van der Waals surface area (Å²) in [4.78, 5) is 14.3. The number of hydrogen-bond donors (Lipinski definition) is 1. The van der Waals surface area contributed by atoms with Gasteiger partial charge in [0, 0.05) is 26.6 Å². The molecule has 4 heteroatoms. The molecule has 2 bridgehead atoms. The summed E-state index contributed by atoms with van der Waals surface area (Å²) in [5.74, 6) is 1.76. The lowest BCUT2D eigenvalue weighted by Gasteiger charge is -2.57. The maximum atomic E-state index is 11.7. The zero-order valence-electron chi connectivity index (χ0n) is 16.1. The molecule has 1 saturated heterocycles. The van der Waals surface area contributed by atoms with Crippen molar-refractivity contribution >= 4 is 5.91 Å². The summed E-state index contributed by atoms with van der Waals surface area (Å²) < 4.78 is 6.34. The highest BCUT2D eigenvalue weighted by atomic mass is 16.5. The van der Waals surface area contributed by atoms with E-state index in [1.54, 1.807) is 12.5 Å². The molecule has 3 fully saturated rings. The first-order valence-electron chi connectivity index (χ1n) is 10.2. The third-order valence-electron chi connectivity index (χ3n) is 7.63. The van der Waals surface area contributed by atoms with E-state index in [4.69, 9.17) is 4.74 Å². The van der Waals surface area contributed by atoms with Gasteiger partial charge in [-0.1, -0.05) is 38.3 Å². The second-order valence-electron chi connectivity index (χ2n) is 9.44. The largest absolute Gasteiger partial charge is 0.370 e. The number of fused-ring (bicyclic) bond motifs is 1. The number of nitrogens with zero attached hydrogens (tertiary/aromatic N) is 1. The van der Waals surface area contributed by atoms with Crippen molar-refractivity contribution < 1.29 is 9.53 Å². The molecule has 140 valence electrons. The average Bonchev–Trinajstić information content (AvgIpc) is 2.57. The van der Waals surface area contributed by atoms with Gasteiger partial charge in [0.05, 0.1) is 12.6 Å². The van der Waals surface area contributed by atoms with Gasteiger partial charge in [-0.15, -0.1) is 0 Å². The Balaban J connectivity index is 1.45. The van der Waals surface area contributed by atoms with Crippen molar-refractivity contribution in [2.24, 2.45) is 17.3 Å². The molecular formula is C21H34N2O2. The number of hydrogen-bond acceptors (Lipinski definition) is 3. The van der Waals surface area contributed by atoms with Gasteiger partial charge >= 0.3 is 0 Å². The molecule has 2 saturated carbocycles. The summed E-state index contributed by atoms with van der Waals surface area (Å²) in [6, 6.07) is 0.173. The standard InChI is InChI=1S/C21H34N2O2/c1-15(24)22-19-6-4-5-9-21(19)14-23(10-11-25-21)13-16-7-8-17-12-18(16)20(17,2)3/h7,17-19H,4-6,8-14H2,1-3H3,(H,22,24)/t17-,18-,19-,21+/m0/s1. The highest BCUT2D eigenvalue weighted by Gasteiger charge is 2.52. The van der Waals surface area contributed by atoms with Gasteiger partial charge in [-0.25, -0.2) is 0 Å². The number of morpholine rings is 1. The van der Waals surface area contributed by atoms with Crippen molar-refractivity contribution in [2.45, 2.75) is 70.9 Å². The first-order valence-corrected chi connectivity index (χ1v) is 10.2. The van der Waals surface area contributed by atoms with Gasteiger partial charge in [-0.2, -0.15) is 0 Å². The van der Waals surface area contributed by atoms with Gasteiger partial charge in [-0.3, -0.25) is 9.69 Å². The molecule has 25 heavy (non-hydrogen) atoms. The fourth-order valence-corrected chi connectivity index (χ4v) is 5.95. The molecule has 1 spiro atoms. The molecule has 4 nitrogen and oxygen atoms in total. The molecule has 5 aliphatic rings. The molecule has 4 aliphatic carbocycles. The summed E-state index contributed by atoms with van der Waals surface area (Å²) in [5.41, 5.74) is 1.99. The van der Waals surface area contributed by atoms with Crippen molar-refractivity contribution in [2.75, 3.05) is 26.2 Å². The number of ether oxygens (including phenoxy) is 1. The second kappa shape index (κ2) is 6.38. The number of amides is 1. The van der Waals surface area contributed by atoms with Crippen LogP contribution in [0.5, 0.6) is 0 Å². The predicted octanol–water partition coefficient (Wildman–Crippen LogP) is 3.13. The van der Waals surface area contributed by atoms with E-state index < -0.39 is 0 Å². The molecule has 0 aromatic rings. The van der Waals surface area contributed by atoms with Crippen LogP contribution in [-0.4, -0.2) is 48.7 Å². The summed E-state index contributed by atoms with van der Waals surface area (Å²) in [6.45, 7) is 10.4. The lowest BCUT2D eigenvalue weighted by Crippen LogP contribution is -2.64. The molecular weight excluding hydrogens is 312 g/mol. The molecule has 4 atom stereocenters. The Kier molecular flexibility index (Phi) is 4.48. The fourth-order valence-electron chi connectivity index (χ4n) is 5.95. The number of allylic oxidation sites excluding steroid dienone is 1. The van der Waals surface area contributed by atoms with E-state index in [2.05, 4.69) is 30.1 Å². The minimum absolute atomic E-state index is 0.0734. The van der Waals surface area contributed by atoms with Crippen molar-refractivity contribution in [3.63, 3.8) is 0 Å². The topological polar surface area (TPSA) is 41.6 Å². The van der Waals surface area contributed by atoms with Gasteiger partial charge in [0.25, 0.3) is 0 Å². The smallest absolute Gasteiger partial charge is 0.217 e. The van der Waals surface area contributed by atoms with E-state index in [1.165, 1.54) is 25.7 Å². The van der Waals surface area contributed by atoms with Crippen LogP contribution >= 0.6 is 0 Å². The van der Waals surface area contributed by atoms with E-state index in [9.17, 15) is 4.79 Å². The van der Waals surface area contributed by atoms with E-state index in [0.29, 0.717) is 5.41 Å². The minimum atomic E-state index is -0.172. The lowest BCUT2D eigenvalue weighted by molar-refractivity contribution is -0.149. The van der Waals surface area contributed by atoms with Crippen LogP contribution < -0.4 is 5.32 Å². The van der Waals surface area contributed by atoms with Crippen LogP contribution in [0.15, 0.2) is 11.6 Å². The Morgan fingerprint density at radius 3 is 2.96 bits per heavy atom. The summed E-state index contributed by atoms with van der Waals surface area (Å²) >= 11 is 0. The number of nitrogens with one attached hydrogen (secondary N) is 1. The Bertz CT molecular complexity index is 566. The number of carbonyl (C=O) groups excluding carboxylic acids is 1. The van der Waals surface area contributed by atoms with Crippen LogP contribution in [0.2, 0.25) is 0 Å². The van der Waals surface area contributed by atoms with E-state index in [0.717, 1.165) is 50.9 Å². The molecule has 0 radical (unpaired) electrons. The Labute approximate surface area is 152 Å². The third kappa shape index (κ3) is 3.06. The average molecular weight is 347 g/mol. The number of rotatable bonds is 3. The lowest BCUT2D eigenvalue weighted by atomic mass is 9.49. The predicted molar refractivity (Wildman–Crippen MR) is 99.3 cm³/mol. The van der Waals surface area contributed by atoms with Gasteiger partial charge in [-0.05, 0) is 42.9 Å². The van der Waals surface area contributed by atoms with Gasteiger partial charge in [0.2, 0.25) is 5.91 Å². The van der Waals surface area contributed by atoms with Crippen LogP contribution in [-0.2, 0) is 9.53 Å². The first kappa shape index (κ1) is 17.5. The Morgan fingerprint density at radius 1 is 1.40 bits per heavy atom. The molecule has 0 unspecified atom stereocenters. The normalized spacial score (nSPS) is 40.3. The SMILES string of the molecule is CC(=O)N[C@H]1CCCC[C@@]12CN(CC1=CC[C@H]3C[C@@H]1C3(C)C)CCO2. The van der Waals surface area contributed by atoms with Crippen molar-refractivity contribution in [3.05, 3.63) is 11.6 Å². The quantitative estimate of drug-likeness (QED) is 0.798. The van der Waals surface area contributed by atoms with Gasteiger partial charge in [0.1, 0.15) is 5.60 Å². The maximum absolute atomic E-state index is 11.7. The van der Waals surface area contributed by atoms with Gasteiger partial charge in [0.15, 0.2) is 0 Å². The summed E-state index contributed by atoms with van der Waals surface area (Å²) in [5, 5.41) is 3.19. The molecule has 1 amide bonds.